The highest BCUT2D eigenvalue weighted by Gasteiger charge is 2.36. The SMILES string of the molecule is CC(C)(C)OC(=O)N1CCC[C@H]1c1cc(Cl)cc2c1CN(C(=O)OCc1ccccc1)CC2. The second kappa shape index (κ2) is 9.64. The van der Waals surface area contributed by atoms with E-state index in [1.807, 2.05) is 63.2 Å². The van der Waals surface area contributed by atoms with Crippen molar-refractivity contribution in [2.24, 2.45) is 0 Å². The van der Waals surface area contributed by atoms with Gasteiger partial charge in [0.15, 0.2) is 0 Å². The van der Waals surface area contributed by atoms with Gasteiger partial charge in [0, 0.05) is 24.7 Å². The van der Waals surface area contributed by atoms with Gasteiger partial charge in [-0.1, -0.05) is 41.9 Å². The van der Waals surface area contributed by atoms with Crippen LogP contribution in [0, 0.1) is 0 Å². The van der Waals surface area contributed by atoms with Gasteiger partial charge in [-0.25, -0.2) is 9.59 Å². The largest absolute Gasteiger partial charge is 0.445 e. The summed E-state index contributed by atoms with van der Waals surface area (Å²) >= 11 is 6.47. The number of nitrogens with zero attached hydrogens (tertiary/aromatic N) is 2. The molecule has 0 aliphatic carbocycles. The van der Waals surface area contributed by atoms with Gasteiger partial charge in [-0.3, -0.25) is 0 Å². The van der Waals surface area contributed by atoms with E-state index in [2.05, 4.69) is 0 Å². The summed E-state index contributed by atoms with van der Waals surface area (Å²) in [6, 6.07) is 13.4. The summed E-state index contributed by atoms with van der Waals surface area (Å²) in [5.41, 5.74) is 3.58. The summed E-state index contributed by atoms with van der Waals surface area (Å²) in [6.45, 7) is 7.51. The molecule has 0 saturated carbocycles. The van der Waals surface area contributed by atoms with Crippen LogP contribution in [0.2, 0.25) is 5.02 Å². The Hall–Kier alpha value is -2.73. The summed E-state index contributed by atoms with van der Waals surface area (Å²) in [5.74, 6) is 0. The smallest absolute Gasteiger partial charge is 0.410 e. The number of hydrogen-bond donors (Lipinski definition) is 0. The van der Waals surface area contributed by atoms with Crippen LogP contribution in [0.25, 0.3) is 0 Å². The number of carbonyl (C=O) groups is 2. The maximum atomic E-state index is 12.9. The molecule has 176 valence electrons. The Morgan fingerprint density at radius 2 is 1.85 bits per heavy atom. The van der Waals surface area contributed by atoms with Crippen molar-refractivity contribution in [3.63, 3.8) is 0 Å². The van der Waals surface area contributed by atoms with Crippen LogP contribution in [-0.2, 0) is 29.0 Å². The summed E-state index contributed by atoms with van der Waals surface area (Å²) in [4.78, 5) is 29.2. The van der Waals surface area contributed by atoms with Crippen molar-refractivity contribution in [2.75, 3.05) is 13.1 Å². The maximum absolute atomic E-state index is 12.9. The molecule has 2 aromatic carbocycles. The van der Waals surface area contributed by atoms with E-state index in [4.69, 9.17) is 21.1 Å². The van der Waals surface area contributed by atoms with Crippen LogP contribution in [0.4, 0.5) is 9.59 Å². The van der Waals surface area contributed by atoms with E-state index in [-0.39, 0.29) is 24.8 Å². The first-order valence-corrected chi connectivity index (χ1v) is 11.9. The Morgan fingerprint density at radius 3 is 2.58 bits per heavy atom. The first-order chi connectivity index (χ1) is 15.7. The minimum atomic E-state index is -0.558. The number of fused-ring (bicyclic) bond motifs is 1. The summed E-state index contributed by atoms with van der Waals surface area (Å²) < 4.78 is 11.2. The first kappa shape index (κ1) is 23.4. The van der Waals surface area contributed by atoms with Crippen molar-refractivity contribution in [1.29, 1.82) is 0 Å². The average Bonchev–Trinajstić information content (AvgIpc) is 3.26. The molecule has 2 aliphatic heterocycles. The van der Waals surface area contributed by atoms with Crippen molar-refractivity contribution >= 4 is 23.8 Å². The predicted octanol–water partition coefficient (Wildman–Crippen LogP) is 6.11. The van der Waals surface area contributed by atoms with Crippen molar-refractivity contribution in [3.8, 4) is 0 Å². The van der Waals surface area contributed by atoms with Crippen molar-refractivity contribution in [3.05, 3.63) is 69.7 Å². The molecular formula is C26H31ClN2O4. The number of rotatable bonds is 3. The van der Waals surface area contributed by atoms with Crippen LogP contribution >= 0.6 is 11.6 Å². The van der Waals surface area contributed by atoms with Crippen LogP contribution in [0.15, 0.2) is 42.5 Å². The van der Waals surface area contributed by atoms with Gasteiger partial charge in [-0.2, -0.15) is 0 Å². The second-order valence-corrected chi connectivity index (χ2v) is 10.1. The number of hydrogen-bond acceptors (Lipinski definition) is 4. The number of halogens is 1. The number of ether oxygens (including phenoxy) is 2. The molecule has 2 aromatic rings. The molecule has 2 amide bonds. The standard InChI is InChI=1S/C26H31ClN2O4/c1-26(2,3)33-25(31)29-12-7-10-23(29)21-15-20(27)14-19-11-13-28(16-22(19)21)24(30)32-17-18-8-5-4-6-9-18/h4-6,8-9,14-15,23H,7,10-13,16-17H2,1-3H3/t23-/m0/s1. The Balaban J connectivity index is 1.53. The molecule has 7 heteroatoms. The van der Waals surface area contributed by atoms with E-state index in [1.165, 1.54) is 0 Å². The third-order valence-corrected chi connectivity index (χ3v) is 6.26. The minimum absolute atomic E-state index is 0.118. The zero-order valence-corrected chi connectivity index (χ0v) is 20.2. The summed E-state index contributed by atoms with van der Waals surface area (Å²) in [6.07, 6.45) is 1.79. The zero-order valence-electron chi connectivity index (χ0n) is 19.5. The molecule has 1 atom stereocenters. The molecular weight excluding hydrogens is 440 g/mol. The Labute approximate surface area is 200 Å². The van der Waals surface area contributed by atoms with Crippen LogP contribution in [-0.4, -0.2) is 40.7 Å². The molecule has 6 nitrogen and oxygen atoms in total. The van der Waals surface area contributed by atoms with Crippen molar-refractivity contribution < 1.29 is 19.1 Å². The van der Waals surface area contributed by atoms with Gasteiger partial charge in [0.2, 0.25) is 0 Å². The van der Waals surface area contributed by atoms with E-state index < -0.39 is 5.60 Å². The van der Waals surface area contributed by atoms with Gasteiger partial charge in [0.05, 0.1) is 6.04 Å². The number of carbonyl (C=O) groups excluding carboxylic acids is 2. The molecule has 0 radical (unpaired) electrons. The van der Waals surface area contributed by atoms with Gasteiger partial charge >= 0.3 is 12.2 Å². The van der Waals surface area contributed by atoms with E-state index in [1.54, 1.807) is 9.80 Å². The van der Waals surface area contributed by atoms with Crippen LogP contribution in [0.3, 0.4) is 0 Å². The molecule has 0 bridgehead atoms. The lowest BCUT2D eigenvalue weighted by Gasteiger charge is -2.34. The minimum Gasteiger partial charge on any atom is -0.445 e. The maximum Gasteiger partial charge on any atom is 0.410 e. The molecule has 0 N–H and O–H groups in total. The highest BCUT2D eigenvalue weighted by molar-refractivity contribution is 6.30. The van der Waals surface area contributed by atoms with E-state index in [9.17, 15) is 9.59 Å². The first-order valence-electron chi connectivity index (χ1n) is 11.5. The molecule has 0 unspecified atom stereocenters. The molecule has 0 spiro atoms. The lowest BCUT2D eigenvalue weighted by Crippen LogP contribution is -2.39. The van der Waals surface area contributed by atoms with Gasteiger partial charge in [0.25, 0.3) is 0 Å². The van der Waals surface area contributed by atoms with Crippen LogP contribution in [0.5, 0.6) is 0 Å². The fourth-order valence-electron chi connectivity index (χ4n) is 4.55. The third kappa shape index (κ3) is 5.61. The average molecular weight is 471 g/mol. The third-order valence-electron chi connectivity index (χ3n) is 6.04. The van der Waals surface area contributed by atoms with Crippen LogP contribution < -0.4 is 0 Å². The molecule has 2 aliphatic rings. The number of likely N-dealkylation sites (tertiary alicyclic amines) is 1. The summed E-state index contributed by atoms with van der Waals surface area (Å²) in [7, 11) is 0. The van der Waals surface area contributed by atoms with Gasteiger partial charge in [-0.05, 0) is 74.4 Å². The normalized spacial score (nSPS) is 18.1. The van der Waals surface area contributed by atoms with E-state index in [0.29, 0.717) is 31.1 Å². The van der Waals surface area contributed by atoms with Crippen molar-refractivity contribution in [2.45, 2.75) is 64.8 Å². The number of amides is 2. The lowest BCUT2D eigenvalue weighted by molar-refractivity contribution is 0.0222. The number of benzene rings is 2. The van der Waals surface area contributed by atoms with Gasteiger partial charge in [-0.15, -0.1) is 0 Å². The highest BCUT2D eigenvalue weighted by Crippen LogP contribution is 2.39. The monoisotopic (exact) mass is 470 g/mol. The van der Waals surface area contributed by atoms with E-state index >= 15 is 0 Å². The van der Waals surface area contributed by atoms with Gasteiger partial charge < -0.3 is 19.3 Å². The second-order valence-electron chi connectivity index (χ2n) is 9.68. The Kier molecular flexibility index (Phi) is 6.84. The summed E-state index contributed by atoms with van der Waals surface area (Å²) in [5, 5.41) is 0.653. The van der Waals surface area contributed by atoms with Crippen molar-refractivity contribution in [1.82, 2.24) is 9.80 Å². The molecule has 4 rings (SSSR count). The Bertz CT molecular complexity index is 1020. The van der Waals surface area contributed by atoms with Gasteiger partial charge in [0.1, 0.15) is 12.2 Å². The fraction of sp³-hybridized carbons (Fsp3) is 0.462. The molecule has 1 saturated heterocycles. The fourth-order valence-corrected chi connectivity index (χ4v) is 4.80. The molecule has 1 fully saturated rings. The predicted molar refractivity (Wildman–Crippen MR) is 127 cm³/mol. The zero-order chi connectivity index (χ0) is 23.6. The molecule has 2 heterocycles. The topological polar surface area (TPSA) is 59.1 Å². The van der Waals surface area contributed by atoms with Crippen LogP contribution in [0.1, 0.15) is 61.9 Å². The highest BCUT2D eigenvalue weighted by atomic mass is 35.5. The molecule has 33 heavy (non-hydrogen) atoms. The quantitative estimate of drug-likeness (QED) is 0.543. The van der Waals surface area contributed by atoms with E-state index in [0.717, 1.165) is 35.1 Å². The molecule has 0 aromatic heterocycles. The lowest BCUT2D eigenvalue weighted by atomic mass is 9.90. The Morgan fingerprint density at radius 1 is 1.09 bits per heavy atom.